The zero-order valence-corrected chi connectivity index (χ0v) is 13.1. The molecule has 2 rings (SSSR count). The molecular weight excluding hydrogens is 248 g/mol. The highest BCUT2D eigenvalue weighted by molar-refractivity contribution is 5.24. The van der Waals surface area contributed by atoms with E-state index in [0.29, 0.717) is 5.92 Å². The second-order valence-corrected chi connectivity index (χ2v) is 5.96. The van der Waals surface area contributed by atoms with E-state index in [-0.39, 0.29) is 0 Å². The Bertz CT molecular complexity index is 386. The maximum atomic E-state index is 5.76. The molecule has 1 atom stereocenters. The van der Waals surface area contributed by atoms with Crippen LogP contribution < -0.4 is 5.32 Å². The number of rotatable bonds is 9. The van der Waals surface area contributed by atoms with E-state index in [1.54, 1.807) is 0 Å². The Morgan fingerprint density at radius 3 is 2.60 bits per heavy atom. The van der Waals surface area contributed by atoms with Crippen LogP contribution in [0.25, 0.3) is 0 Å². The van der Waals surface area contributed by atoms with Crippen LogP contribution in [-0.4, -0.2) is 44.7 Å². The fraction of sp³-hybridized carbons (Fsp3) is 0.647. The van der Waals surface area contributed by atoms with Gasteiger partial charge in [0.05, 0.1) is 13.2 Å². The number of benzene rings is 1. The van der Waals surface area contributed by atoms with Gasteiger partial charge >= 0.3 is 0 Å². The second-order valence-electron chi connectivity index (χ2n) is 5.96. The first-order valence-corrected chi connectivity index (χ1v) is 7.72. The van der Waals surface area contributed by atoms with Gasteiger partial charge < -0.3 is 15.0 Å². The molecule has 0 aliphatic heterocycles. The first-order chi connectivity index (χ1) is 9.70. The minimum absolute atomic E-state index is 0.558. The molecule has 20 heavy (non-hydrogen) atoms. The van der Waals surface area contributed by atoms with E-state index in [0.717, 1.165) is 32.3 Å². The number of likely N-dealkylation sites (N-methyl/N-ethyl adjacent to an activating group) is 2. The van der Waals surface area contributed by atoms with Gasteiger partial charge in [-0.3, -0.25) is 0 Å². The Morgan fingerprint density at radius 1 is 1.30 bits per heavy atom. The summed E-state index contributed by atoms with van der Waals surface area (Å²) >= 11 is 0. The maximum absolute atomic E-state index is 5.76. The van der Waals surface area contributed by atoms with Crippen LogP contribution in [0.2, 0.25) is 0 Å². The molecule has 3 heteroatoms. The van der Waals surface area contributed by atoms with Crippen molar-refractivity contribution in [2.45, 2.75) is 38.3 Å². The summed E-state index contributed by atoms with van der Waals surface area (Å²) in [4.78, 5) is 2.41. The van der Waals surface area contributed by atoms with Gasteiger partial charge in [-0.1, -0.05) is 31.2 Å². The molecule has 1 unspecified atom stereocenters. The third-order valence-corrected chi connectivity index (χ3v) is 4.09. The van der Waals surface area contributed by atoms with Crippen LogP contribution in [0, 0.1) is 0 Å². The SMILES string of the molecule is CNCC(C)c1ccc(COCCN(C)C2CC2)cc1. The Morgan fingerprint density at radius 2 is 2.00 bits per heavy atom. The van der Waals surface area contributed by atoms with Gasteiger partial charge in [0.1, 0.15) is 0 Å². The third-order valence-electron chi connectivity index (χ3n) is 4.09. The lowest BCUT2D eigenvalue weighted by Crippen LogP contribution is -2.25. The van der Waals surface area contributed by atoms with Crippen LogP contribution in [0.1, 0.15) is 36.8 Å². The highest BCUT2D eigenvalue weighted by Crippen LogP contribution is 2.24. The van der Waals surface area contributed by atoms with Gasteiger partial charge in [0.15, 0.2) is 0 Å². The van der Waals surface area contributed by atoms with Gasteiger partial charge in [-0.25, -0.2) is 0 Å². The topological polar surface area (TPSA) is 24.5 Å². The van der Waals surface area contributed by atoms with Crippen molar-refractivity contribution in [3.05, 3.63) is 35.4 Å². The van der Waals surface area contributed by atoms with Crippen LogP contribution in [-0.2, 0) is 11.3 Å². The van der Waals surface area contributed by atoms with Crippen LogP contribution in [0.15, 0.2) is 24.3 Å². The lowest BCUT2D eigenvalue weighted by atomic mass is 10.00. The third kappa shape index (κ3) is 4.89. The molecule has 1 N–H and O–H groups in total. The van der Waals surface area contributed by atoms with Gasteiger partial charge in [-0.05, 0) is 44.0 Å². The number of ether oxygens (including phenoxy) is 1. The van der Waals surface area contributed by atoms with Crippen molar-refractivity contribution in [3.8, 4) is 0 Å². The largest absolute Gasteiger partial charge is 0.375 e. The normalized spacial score (nSPS) is 16.6. The Labute approximate surface area is 123 Å². The van der Waals surface area contributed by atoms with E-state index in [1.807, 2.05) is 7.05 Å². The molecular formula is C17H28N2O. The summed E-state index contributed by atoms with van der Waals surface area (Å²) in [5.41, 5.74) is 2.65. The summed E-state index contributed by atoms with van der Waals surface area (Å²) in [6.07, 6.45) is 2.73. The van der Waals surface area contributed by atoms with Crippen molar-refractivity contribution in [1.82, 2.24) is 10.2 Å². The van der Waals surface area contributed by atoms with E-state index < -0.39 is 0 Å². The van der Waals surface area contributed by atoms with E-state index in [2.05, 4.69) is 48.5 Å². The number of hydrogen-bond acceptors (Lipinski definition) is 3. The molecule has 1 saturated carbocycles. The summed E-state index contributed by atoms with van der Waals surface area (Å²) in [6, 6.07) is 9.64. The van der Waals surface area contributed by atoms with Crippen molar-refractivity contribution >= 4 is 0 Å². The van der Waals surface area contributed by atoms with Crippen molar-refractivity contribution in [1.29, 1.82) is 0 Å². The molecule has 0 saturated heterocycles. The minimum Gasteiger partial charge on any atom is -0.375 e. The number of hydrogen-bond donors (Lipinski definition) is 1. The molecule has 112 valence electrons. The smallest absolute Gasteiger partial charge is 0.0717 e. The van der Waals surface area contributed by atoms with E-state index in [1.165, 1.54) is 24.0 Å². The molecule has 1 aliphatic carbocycles. The summed E-state index contributed by atoms with van der Waals surface area (Å²) in [7, 11) is 4.19. The molecule has 1 fully saturated rings. The second kappa shape index (κ2) is 7.77. The highest BCUT2D eigenvalue weighted by Gasteiger charge is 2.25. The van der Waals surface area contributed by atoms with Gasteiger partial charge in [0.25, 0.3) is 0 Å². The predicted molar refractivity (Wildman–Crippen MR) is 84.1 cm³/mol. The fourth-order valence-corrected chi connectivity index (χ4v) is 2.46. The molecule has 0 aromatic heterocycles. The molecule has 3 nitrogen and oxygen atoms in total. The molecule has 0 radical (unpaired) electrons. The summed E-state index contributed by atoms with van der Waals surface area (Å²) in [5.74, 6) is 0.558. The Balaban J connectivity index is 1.67. The highest BCUT2D eigenvalue weighted by atomic mass is 16.5. The first-order valence-electron chi connectivity index (χ1n) is 7.72. The summed E-state index contributed by atoms with van der Waals surface area (Å²) in [6.45, 7) is 5.85. The van der Waals surface area contributed by atoms with E-state index in [4.69, 9.17) is 4.74 Å². The van der Waals surface area contributed by atoms with Gasteiger partial charge in [0.2, 0.25) is 0 Å². The number of nitrogens with zero attached hydrogens (tertiary/aromatic N) is 1. The quantitative estimate of drug-likeness (QED) is 0.702. The Kier molecular flexibility index (Phi) is 6.02. The van der Waals surface area contributed by atoms with E-state index in [9.17, 15) is 0 Å². The lowest BCUT2D eigenvalue weighted by Gasteiger charge is -2.15. The average molecular weight is 276 g/mol. The predicted octanol–water partition coefficient (Wildman–Crippen LogP) is 2.62. The van der Waals surface area contributed by atoms with Crippen molar-refractivity contribution in [2.24, 2.45) is 0 Å². The average Bonchev–Trinajstić information content (AvgIpc) is 3.29. The minimum atomic E-state index is 0.558. The van der Waals surface area contributed by atoms with Crippen LogP contribution in [0.3, 0.4) is 0 Å². The summed E-state index contributed by atoms with van der Waals surface area (Å²) in [5, 5.41) is 3.22. The molecule has 1 aromatic carbocycles. The Hall–Kier alpha value is -0.900. The van der Waals surface area contributed by atoms with Crippen LogP contribution >= 0.6 is 0 Å². The number of nitrogens with one attached hydrogen (secondary N) is 1. The molecule has 0 bridgehead atoms. The van der Waals surface area contributed by atoms with Crippen LogP contribution in [0.5, 0.6) is 0 Å². The van der Waals surface area contributed by atoms with Gasteiger partial charge in [-0.2, -0.15) is 0 Å². The van der Waals surface area contributed by atoms with E-state index >= 15 is 0 Å². The standard InChI is InChI=1S/C17H28N2O/c1-14(12-18-2)16-6-4-15(5-7-16)13-20-11-10-19(3)17-8-9-17/h4-7,14,17-18H,8-13H2,1-3H3. The fourth-order valence-electron chi connectivity index (χ4n) is 2.46. The molecule has 0 heterocycles. The molecule has 1 aromatic rings. The van der Waals surface area contributed by atoms with Crippen molar-refractivity contribution < 1.29 is 4.74 Å². The monoisotopic (exact) mass is 276 g/mol. The van der Waals surface area contributed by atoms with Gasteiger partial charge in [-0.15, -0.1) is 0 Å². The maximum Gasteiger partial charge on any atom is 0.0717 e. The lowest BCUT2D eigenvalue weighted by molar-refractivity contribution is 0.0978. The molecule has 0 amide bonds. The molecule has 1 aliphatic rings. The first kappa shape index (κ1) is 15.5. The zero-order valence-electron chi connectivity index (χ0n) is 13.1. The van der Waals surface area contributed by atoms with Crippen LogP contribution in [0.4, 0.5) is 0 Å². The van der Waals surface area contributed by atoms with Crippen molar-refractivity contribution in [2.75, 3.05) is 33.8 Å². The zero-order chi connectivity index (χ0) is 14.4. The summed E-state index contributed by atoms with van der Waals surface area (Å²) < 4.78 is 5.76. The van der Waals surface area contributed by atoms with Crippen molar-refractivity contribution in [3.63, 3.8) is 0 Å². The molecule has 0 spiro atoms. The van der Waals surface area contributed by atoms with Gasteiger partial charge in [0, 0.05) is 19.1 Å².